The number of nitrogens with two attached hydrogens (primary N) is 1. The number of carbonyl (C=O) groups excluding carboxylic acids is 2. The van der Waals surface area contributed by atoms with Crippen molar-refractivity contribution in [3.05, 3.63) is 71.0 Å². The molecule has 0 aromatic heterocycles. The van der Waals surface area contributed by atoms with Crippen LogP contribution in [0.3, 0.4) is 0 Å². The fourth-order valence-corrected chi connectivity index (χ4v) is 3.66. The molecule has 3 rings (SSSR count). The van der Waals surface area contributed by atoms with Crippen LogP contribution < -0.4 is 5.73 Å². The van der Waals surface area contributed by atoms with Gasteiger partial charge in [-0.05, 0) is 60.0 Å². The standard InChI is InChI=1S/C21H20ClFN2O3/c1-3-20(26)25-12(2)10-28-11-19(25)15-6-14(7-16(22)8-15)13-4-5-18(23)17(9-13)21(24)27/h3-9,12,19H,1,10-11H2,2H3,(H2,24,27)/t12-,19+/m1/s1. The number of benzene rings is 2. The van der Waals surface area contributed by atoms with E-state index in [1.807, 2.05) is 13.0 Å². The van der Waals surface area contributed by atoms with Crippen molar-refractivity contribution in [2.45, 2.75) is 19.0 Å². The highest BCUT2D eigenvalue weighted by Gasteiger charge is 2.32. The summed E-state index contributed by atoms with van der Waals surface area (Å²) in [5, 5.41) is 0.446. The van der Waals surface area contributed by atoms with Crippen molar-refractivity contribution in [2.75, 3.05) is 13.2 Å². The number of hydrogen-bond acceptors (Lipinski definition) is 3. The fourth-order valence-electron chi connectivity index (χ4n) is 3.42. The third kappa shape index (κ3) is 3.93. The molecule has 7 heteroatoms. The van der Waals surface area contributed by atoms with E-state index in [2.05, 4.69) is 6.58 Å². The smallest absolute Gasteiger partial charge is 0.251 e. The molecule has 1 fully saturated rings. The molecule has 1 aliphatic heterocycles. The number of carbonyl (C=O) groups is 2. The predicted octanol–water partition coefficient (Wildman–Crippen LogP) is 3.72. The van der Waals surface area contributed by atoms with Crippen LogP contribution in [0.2, 0.25) is 5.02 Å². The van der Waals surface area contributed by atoms with Gasteiger partial charge in [0, 0.05) is 5.02 Å². The Morgan fingerprint density at radius 2 is 2.00 bits per heavy atom. The number of nitrogens with zero attached hydrogens (tertiary/aromatic N) is 1. The van der Waals surface area contributed by atoms with Gasteiger partial charge in [-0.1, -0.05) is 24.2 Å². The maximum atomic E-state index is 13.8. The highest BCUT2D eigenvalue weighted by molar-refractivity contribution is 6.31. The van der Waals surface area contributed by atoms with E-state index in [9.17, 15) is 14.0 Å². The third-order valence-corrected chi connectivity index (χ3v) is 4.96. The van der Waals surface area contributed by atoms with Crippen LogP contribution >= 0.6 is 11.6 Å². The van der Waals surface area contributed by atoms with Gasteiger partial charge >= 0.3 is 0 Å². The Hall–Kier alpha value is -2.70. The second-order valence-electron chi connectivity index (χ2n) is 6.68. The van der Waals surface area contributed by atoms with Gasteiger partial charge < -0.3 is 15.4 Å². The average Bonchev–Trinajstić information content (AvgIpc) is 2.66. The largest absolute Gasteiger partial charge is 0.377 e. The molecular formula is C21H20ClFN2O3. The Bertz CT molecular complexity index is 947. The number of ether oxygens (including phenoxy) is 1. The van der Waals surface area contributed by atoms with Gasteiger partial charge in [-0.15, -0.1) is 0 Å². The second kappa shape index (κ2) is 8.12. The summed E-state index contributed by atoms with van der Waals surface area (Å²) >= 11 is 6.32. The zero-order valence-corrected chi connectivity index (χ0v) is 16.1. The molecule has 0 radical (unpaired) electrons. The lowest BCUT2D eigenvalue weighted by molar-refractivity contribution is -0.140. The molecular weight excluding hydrogens is 383 g/mol. The Morgan fingerprint density at radius 1 is 1.25 bits per heavy atom. The van der Waals surface area contributed by atoms with Gasteiger partial charge in [0.2, 0.25) is 5.91 Å². The molecule has 0 aliphatic carbocycles. The van der Waals surface area contributed by atoms with E-state index in [0.29, 0.717) is 29.4 Å². The molecule has 2 aromatic carbocycles. The first-order valence-corrected chi connectivity index (χ1v) is 9.12. The van der Waals surface area contributed by atoms with Crippen molar-refractivity contribution in [3.63, 3.8) is 0 Å². The summed E-state index contributed by atoms with van der Waals surface area (Å²) < 4.78 is 19.5. The lowest BCUT2D eigenvalue weighted by Crippen LogP contribution is -2.48. The molecule has 0 unspecified atom stereocenters. The zero-order chi connectivity index (χ0) is 20.4. The molecule has 1 saturated heterocycles. The molecule has 146 valence electrons. The number of hydrogen-bond donors (Lipinski definition) is 1. The maximum absolute atomic E-state index is 13.8. The van der Waals surface area contributed by atoms with Crippen LogP contribution in [-0.4, -0.2) is 36.0 Å². The molecule has 0 spiro atoms. The molecule has 1 aliphatic rings. The summed E-state index contributed by atoms with van der Waals surface area (Å²) in [6.45, 7) is 6.23. The first-order valence-electron chi connectivity index (χ1n) is 8.74. The number of primary amides is 1. The van der Waals surface area contributed by atoms with Gasteiger partial charge in [-0.2, -0.15) is 0 Å². The lowest BCUT2D eigenvalue weighted by atomic mass is 9.96. The van der Waals surface area contributed by atoms with E-state index in [0.717, 1.165) is 5.56 Å². The number of rotatable bonds is 4. The van der Waals surface area contributed by atoms with Crippen molar-refractivity contribution < 1.29 is 18.7 Å². The molecule has 2 atom stereocenters. The summed E-state index contributed by atoms with van der Waals surface area (Å²) in [6.07, 6.45) is 1.28. The predicted molar refractivity (Wildman–Crippen MR) is 105 cm³/mol. The Kier molecular flexibility index (Phi) is 5.82. The van der Waals surface area contributed by atoms with E-state index in [-0.39, 0.29) is 23.6 Å². The highest BCUT2D eigenvalue weighted by atomic mass is 35.5. The van der Waals surface area contributed by atoms with Crippen LogP contribution in [0.1, 0.15) is 28.9 Å². The first-order chi connectivity index (χ1) is 13.3. The normalized spacial score (nSPS) is 19.3. The van der Waals surface area contributed by atoms with Crippen LogP contribution in [-0.2, 0) is 9.53 Å². The highest BCUT2D eigenvalue weighted by Crippen LogP contribution is 2.33. The maximum Gasteiger partial charge on any atom is 0.251 e. The zero-order valence-electron chi connectivity index (χ0n) is 15.3. The van der Waals surface area contributed by atoms with Crippen molar-refractivity contribution >= 4 is 23.4 Å². The van der Waals surface area contributed by atoms with Gasteiger partial charge in [0.1, 0.15) is 5.82 Å². The van der Waals surface area contributed by atoms with Crippen LogP contribution in [0.5, 0.6) is 0 Å². The summed E-state index contributed by atoms with van der Waals surface area (Å²) in [6, 6.07) is 8.97. The summed E-state index contributed by atoms with van der Waals surface area (Å²) in [7, 11) is 0. The van der Waals surface area contributed by atoms with Crippen molar-refractivity contribution in [2.24, 2.45) is 5.73 Å². The van der Waals surface area contributed by atoms with Gasteiger partial charge in [-0.25, -0.2) is 4.39 Å². The minimum absolute atomic E-state index is 0.126. The molecule has 28 heavy (non-hydrogen) atoms. The SMILES string of the molecule is C=CC(=O)N1[C@H](C)COC[C@H]1c1cc(Cl)cc(-c2ccc(F)c(C(N)=O)c2)c1. The summed E-state index contributed by atoms with van der Waals surface area (Å²) in [5.41, 5.74) is 7.08. The van der Waals surface area contributed by atoms with Crippen molar-refractivity contribution in [3.8, 4) is 11.1 Å². The van der Waals surface area contributed by atoms with Gasteiger partial charge in [0.15, 0.2) is 0 Å². The second-order valence-corrected chi connectivity index (χ2v) is 7.12. The van der Waals surface area contributed by atoms with E-state index in [1.54, 1.807) is 23.1 Å². The summed E-state index contributed by atoms with van der Waals surface area (Å²) in [4.78, 5) is 25.6. The Morgan fingerprint density at radius 3 is 2.68 bits per heavy atom. The van der Waals surface area contributed by atoms with Crippen LogP contribution in [0.4, 0.5) is 4.39 Å². The monoisotopic (exact) mass is 402 g/mol. The fraction of sp³-hybridized carbons (Fsp3) is 0.238. The molecule has 0 saturated carbocycles. The molecule has 2 aromatic rings. The minimum Gasteiger partial charge on any atom is -0.377 e. The average molecular weight is 403 g/mol. The van der Waals surface area contributed by atoms with Crippen LogP contribution in [0, 0.1) is 5.82 Å². The molecule has 2 amide bonds. The number of morpholine rings is 1. The van der Waals surface area contributed by atoms with Gasteiger partial charge in [0.05, 0.1) is 30.9 Å². The quantitative estimate of drug-likeness (QED) is 0.792. The van der Waals surface area contributed by atoms with E-state index < -0.39 is 11.7 Å². The van der Waals surface area contributed by atoms with Crippen molar-refractivity contribution in [1.82, 2.24) is 4.90 Å². The minimum atomic E-state index is -0.848. The molecule has 1 heterocycles. The van der Waals surface area contributed by atoms with Crippen molar-refractivity contribution in [1.29, 1.82) is 0 Å². The lowest BCUT2D eigenvalue weighted by Gasteiger charge is -2.40. The van der Waals surface area contributed by atoms with Crippen LogP contribution in [0.15, 0.2) is 49.1 Å². The summed E-state index contributed by atoms with van der Waals surface area (Å²) in [5.74, 6) is -1.73. The topological polar surface area (TPSA) is 72.6 Å². The number of amides is 2. The Labute approximate surface area is 167 Å². The molecule has 5 nitrogen and oxygen atoms in total. The first kappa shape index (κ1) is 20.0. The third-order valence-electron chi connectivity index (χ3n) is 4.74. The van der Waals surface area contributed by atoms with E-state index in [4.69, 9.17) is 22.1 Å². The molecule has 2 N–H and O–H groups in total. The van der Waals surface area contributed by atoms with Crippen LogP contribution in [0.25, 0.3) is 11.1 Å². The van der Waals surface area contributed by atoms with E-state index in [1.165, 1.54) is 18.2 Å². The number of halogens is 2. The van der Waals surface area contributed by atoms with Gasteiger partial charge in [0.25, 0.3) is 5.91 Å². The Balaban J connectivity index is 2.06. The van der Waals surface area contributed by atoms with Gasteiger partial charge in [-0.3, -0.25) is 9.59 Å². The van der Waals surface area contributed by atoms with E-state index >= 15 is 0 Å². The molecule has 0 bridgehead atoms.